The van der Waals surface area contributed by atoms with Crippen molar-refractivity contribution in [2.24, 2.45) is 0 Å². The smallest absolute Gasteiger partial charge is 0.306 e. The first kappa shape index (κ1) is 28.3. The molecule has 4 aromatic rings. The highest BCUT2D eigenvalue weighted by molar-refractivity contribution is 9.10. The van der Waals surface area contributed by atoms with Crippen molar-refractivity contribution in [2.75, 3.05) is 11.9 Å². The zero-order valence-electron chi connectivity index (χ0n) is 21.3. The van der Waals surface area contributed by atoms with Crippen LogP contribution in [-0.4, -0.2) is 30.3 Å². The van der Waals surface area contributed by atoms with E-state index in [0.29, 0.717) is 22.7 Å². The molecule has 0 aromatic heterocycles. The molecule has 0 unspecified atom stereocenters. The number of carbonyl (C=O) groups excluding carboxylic acids is 4. The molecule has 0 bridgehead atoms. The number of hydrogen-bond donors (Lipinski definition) is 3. The Bertz CT molecular complexity index is 1510. The summed E-state index contributed by atoms with van der Waals surface area (Å²) < 4.78 is 11.6. The number of hydrazine groups is 1. The number of fused-ring (bicyclic) bond motifs is 1. The minimum absolute atomic E-state index is 0.0372. The van der Waals surface area contributed by atoms with E-state index in [2.05, 4.69) is 32.1 Å². The van der Waals surface area contributed by atoms with Crippen molar-refractivity contribution in [1.82, 2.24) is 10.9 Å². The van der Waals surface area contributed by atoms with Crippen LogP contribution in [0.1, 0.15) is 29.6 Å². The van der Waals surface area contributed by atoms with E-state index in [9.17, 15) is 19.2 Å². The molecule has 0 atom stereocenters. The van der Waals surface area contributed by atoms with E-state index < -0.39 is 24.4 Å². The molecule has 10 heteroatoms. The highest BCUT2D eigenvalue weighted by Gasteiger charge is 2.11. The Hall–Kier alpha value is -4.70. The van der Waals surface area contributed by atoms with Gasteiger partial charge in [0.1, 0.15) is 11.5 Å². The Balaban J connectivity index is 1.11. The number of esters is 1. The van der Waals surface area contributed by atoms with E-state index in [1.807, 2.05) is 42.5 Å². The average Bonchev–Trinajstić information content (AvgIpc) is 2.96. The summed E-state index contributed by atoms with van der Waals surface area (Å²) >= 11 is 3.27. The van der Waals surface area contributed by atoms with Crippen LogP contribution in [0.15, 0.2) is 95.5 Å². The lowest BCUT2D eigenvalue weighted by Gasteiger charge is -2.09. The van der Waals surface area contributed by atoms with E-state index in [1.165, 1.54) is 0 Å². The third kappa shape index (κ3) is 8.67. The monoisotopic (exact) mass is 603 g/mol. The van der Waals surface area contributed by atoms with E-state index in [1.54, 1.807) is 48.5 Å². The normalized spacial score (nSPS) is 10.4. The Morgan fingerprint density at radius 2 is 1.40 bits per heavy atom. The van der Waals surface area contributed by atoms with Gasteiger partial charge in [-0.1, -0.05) is 46.3 Å². The first-order valence-electron chi connectivity index (χ1n) is 12.4. The Labute approximate surface area is 239 Å². The maximum absolute atomic E-state index is 12.2. The van der Waals surface area contributed by atoms with Gasteiger partial charge in [-0.25, -0.2) is 0 Å². The summed E-state index contributed by atoms with van der Waals surface area (Å²) in [6, 6.07) is 27.4. The van der Waals surface area contributed by atoms with Crippen LogP contribution >= 0.6 is 15.9 Å². The van der Waals surface area contributed by atoms with Gasteiger partial charge in [0.05, 0.1) is 0 Å². The van der Waals surface area contributed by atoms with Crippen LogP contribution in [0.25, 0.3) is 10.8 Å². The average molecular weight is 604 g/mol. The van der Waals surface area contributed by atoms with Crippen LogP contribution in [0, 0.1) is 0 Å². The fraction of sp³-hybridized carbons (Fsp3) is 0.133. The number of hydrogen-bond acceptors (Lipinski definition) is 6. The Kier molecular flexibility index (Phi) is 9.84. The molecule has 40 heavy (non-hydrogen) atoms. The van der Waals surface area contributed by atoms with Crippen molar-refractivity contribution in [3.63, 3.8) is 0 Å². The molecule has 9 nitrogen and oxygen atoms in total. The number of benzene rings is 4. The molecule has 0 fully saturated rings. The minimum atomic E-state index is -0.690. The van der Waals surface area contributed by atoms with Gasteiger partial charge in [0.2, 0.25) is 5.91 Å². The van der Waals surface area contributed by atoms with Crippen LogP contribution in [-0.2, 0) is 19.1 Å². The second-order valence-corrected chi connectivity index (χ2v) is 9.62. The summed E-state index contributed by atoms with van der Waals surface area (Å²) in [6.45, 7) is -0.556. The molecule has 204 valence electrons. The van der Waals surface area contributed by atoms with Crippen LogP contribution in [0.5, 0.6) is 11.5 Å². The standard InChI is InChI=1S/C30H26BrN3O6/c31-23-11-8-21(9-12-23)30(38)34-33-28(36)19-39-29(37)7-3-6-27(35)32-24-13-16-25(17-14-24)40-26-15-10-20-4-1-2-5-22(20)18-26/h1-2,4-5,8-18H,3,6-7,19H2,(H,32,35)(H,33,36)(H,34,38). The van der Waals surface area contributed by atoms with Crippen molar-refractivity contribution in [2.45, 2.75) is 19.3 Å². The number of carbonyl (C=O) groups is 4. The van der Waals surface area contributed by atoms with E-state index in [0.717, 1.165) is 15.2 Å². The number of nitrogens with one attached hydrogen (secondary N) is 3. The van der Waals surface area contributed by atoms with Crippen molar-refractivity contribution < 1.29 is 28.7 Å². The third-order valence-corrected chi connectivity index (χ3v) is 6.19. The largest absolute Gasteiger partial charge is 0.457 e. The molecule has 0 radical (unpaired) electrons. The van der Waals surface area contributed by atoms with Gasteiger partial charge in [-0.3, -0.25) is 30.0 Å². The highest BCUT2D eigenvalue weighted by Crippen LogP contribution is 2.26. The second kappa shape index (κ2) is 13.9. The molecule has 0 aliphatic rings. The van der Waals surface area contributed by atoms with Gasteiger partial charge in [0.15, 0.2) is 6.61 Å². The fourth-order valence-corrected chi connectivity index (χ4v) is 3.91. The van der Waals surface area contributed by atoms with Gasteiger partial charge in [-0.05, 0) is 77.9 Å². The van der Waals surface area contributed by atoms with Crippen LogP contribution in [0.3, 0.4) is 0 Å². The number of amides is 3. The van der Waals surface area contributed by atoms with Crippen molar-refractivity contribution in [3.05, 3.63) is 101 Å². The lowest BCUT2D eigenvalue weighted by atomic mass is 10.1. The maximum Gasteiger partial charge on any atom is 0.306 e. The molecule has 0 heterocycles. The molecule has 0 spiro atoms. The summed E-state index contributed by atoms with van der Waals surface area (Å²) in [4.78, 5) is 47.9. The summed E-state index contributed by atoms with van der Waals surface area (Å²) in [6.07, 6.45) is 0.306. The summed E-state index contributed by atoms with van der Waals surface area (Å²) in [5, 5.41) is 4.98. The first-order valence-corrected chi connectivity index (χ1v) is 13.2. The van der Waals surface area contributed by atoms with E-state index >= 15 is 0 Å². The molecule has 4 rings (SSSR count). The van der Waals surface area contributed by atoms with Gasteiger partial charge < -0.3 is 14.8 Å². The maximum atomic E-state index is 12.2. The molecule has 4 aromatic carbocycles. The van der Waals surface area contributed by atoms with Gasteiger partial charge in [0, 0.05) is 28.6 Å². The Morgan fingerprint density at radius 3 is 2.15 bits per heavy atom. The zero-order valence-corrected chi connectivity index (χ0v) is 22.9. The number of ether oxygens (including phenoxy) is 2. The molecule has 0 aliphatic carbocycles. The van der Waals surface area contributed by atoms with Gasteiger partial charge in [-0.2, -0.15) is 0 Å². The molecular weight excluding hydrogens is 578 g/mol. The topological polar surface area (TPSA) is 123 Å². The van der Waals surface area contributed by atoms with Crippen LogP contribution in [0.4, 0.5) is 5.69 Å². The number of anilines is 1. The van der Waals surface area contributed by atoms with Crippen molar-refractivity contribution in [1.29, 1.82) is 0 Å². The van der Waals surface area contributed by atoms with E-state index in [4.69, 9.17) is 9.47 Å². The molecule has 0 saturated carbocycles. The summed E-state index contributed by atoms with van der Waals surface area (Å²) in [7, 11) is 0. The molecule has 3 N–H and O–H groups in total. The molecule has 3 amide bonds. The van der Waals surface area contributed by atoms with E-state index in [-0.39, 0.29) is 25.2 Å². The lowest BCUT2D eigenvalue weighted by Crippen LogP contribution is -2.43. The lowest BCUT2D eigenvalue weighted by molar-refractivity contribution is -0.148. The first-order chi connectivity index (χ1) is 19.4. The highest BCUT2D eigenvalue weighted by atomic mass is 79.9. The Morgan fingerprint density at radius 1 is 0.700 bits per heavy atom. The quantitative estimate of drug-likeness (QED) is 0.162. The number of halogens is 1. The van der Waals surface area contributed by atoms with Crippen LogP contribution in [0.2, 0.25) is 0 Å². The predicted octanol–water partition coefficient (Wildman–Crippen LogP) is 5.51. The summed E-state index contributed by atoms with van der Waals surface area (Å²) in [5.74, 6) is -0.741. The van der Waals surface area contributed by atoms with Crippen molar-refractivity contribution in [3.8, 4) is 11.5 Å². The van der Waals surface area contributed by atoms with Gasteiger partial charge in [0.25, 0.3) is 11.8 Å². The SMILES string of the molecule is O=C(COC(=O)CCCC(=O)Nc1ccc(Oc2ccc3ccccc3c2)cc1)NNC(=O)c1ccc(Br)cc1. The minimum Gasteiger partial charge on any atom is -0.457 e. The third-order valence-electron chi connectivity index (χ3n) is 5.67. The summed E-state index contributed by atoms with van der Waals surface area (Å²) in [5.41, 5.74) is 5.36. The fourth-order valence-electron chi connectivity index (χ4n) is 3.64. The number of rotatable bonds is 10. The van der Waals surface area contributed by atoms with Gasteiger partial charge >= 0.3 is 5.97 Å². The molecule has 0 aliphatic heterocycles. The zero-order chi connectivity index (χ0) is 28.3. The predicted molar refractivity (Wildman–Crippen MR) is 154 cm³/mol. The van der Waals surface area contributed by atoms with Gasteiger partial charge in [-0.15, -0.1) is 0 Å². The second-order valence-electron chi connectivity index (χ2n) is 8.71. The molecular formula is C30H26BrN3O6. The van der Waals surface area contributed by atoms with Crippen LogP contribution < -0.4 is 20.9 Å². The van der Waals surface area contributed by atoms with Crippen molar-refractivity contribution >= 4 is 56.1 Å². The molecule has 0 saturated heterocycles.